The minimum Gasteiger partial charge on any atom is -0.361 e. The summed E-state index contributed by atoms with van der Waals surface area (Å²) in [6.45, 7) is 2.35. The number of hydrogen-bond donors (Lipinski definition) is 1. The molecule has 1 N–H and O–H groups in total. The largest absolute Gasteiger partial charge is 0.361 e. The van der Waals surface area contributed by atoms with Gasteiger partial charge in [-0.15, -0.1) is 0 Å². The van der Waals surface area contributed by atoms with Crippen molar-refractivity contribution < 1.29 is 0 Å². The monoisotopic (exact) mass is 371 g/mol. The Morgan fingerprint density at radius 1 is 0.963 bits per heavy atom. The van der Waals surface area contributed by atoms with Crippen LogP contribution in [0.1, 0.15) is 24.5 Å². The van der Waals surface area contributed by atoms with Gasteiger partial charge in [-0.3, -0.25) is 0 Å². The van der Waals surface area contributed by atoms with E-state index in [0.717, 1.165) is 17.9 Å². The van der Waals surface area contributed by atoms with Crippen LogP contribution in [-0.2, 0) is 12.8 Å². The van der Waals surface area contributed by atoms with Gasteiger partial charge in [-0.05, 0) is 87.0 Å². The lowest BCUT2D eigenvalue weighted by molar-refractivity contribution is 0.633. The highest BCUT2D eigenvalue weighted by atomic mass is 35.5. The molecule has 0 spiro atoms. The van der Waals surface area contributed by atoms with Crippen molar-refractivity contribution >= 4 is 23.3 Å². The molecule has 0 amide bonds. The van der Waals surface area contributed by atoms with Crippen molar-refractivity contribution in [2.24, 2.45) is 5.92 Å². The summed E-state index contributed by atoms with van der Waals surface area (Å²) in [5.41, 5.74) is 5.65. The Hall–Kier alpha value is -2.51. The smallest absolute Gasteiger partial charge is 0.0421 e. The molecule has 1 heterocycles. The Bertz CT molecular complexity index is 1240. The van der Waals surface area contributed by atoms with Crippen LogP contribution in [0.3, 0.4) is 0 Å². The van der Waals surface area contributed by atoms with Crippen molar-refractivity contribution in [3.8, 4) is 0 Å². The summed E-state index contributed by atoms with van der Waals surface area (Å²) >= 11 is 6.30. The molecule has 0 saturated heterocycles. The molecule has 1 aliphatic heterocycles. The van der Waals surface area contributed by atoms with Crippen molar-refractivity contribution in [3.05, 3.63) is 104 Å². The molecule has 134 valence electrons. The fourth-order valence-corrected chi connectivity index (χ4v) is 4.85. The van der Waals surface area contributed by atoms with Gasteiger partial charge in [0.1, 0.15) is 0 Å². The van der Waals surface area contributed by atoms with Crippen LogP contribution in [0.25, 0.3) is 11.6 Å². The zero-order valence-electron chi connectivity index (χ0n) is 15.4. The molecule has 3 aliphatic rings. The van der Waals surface area contributed by atoms with E-state index in [1.807, 2.05) is 18.3 Å². The topological polar surface area (TPSA) is 12.0 Å². The van der Waals surface area contributed by atoms with Gasteiger partial charge in [0.2, 0.25) is 0 Å². The normalized spacial score (nSPS) is 19.9. The molecule has 2 heteroatoms. The van der Waals surface area contributed by atoms with Gasteiger partial charge < -0.3 is 5.32 Å². The number of fused-ring (bicyclic) bond motifs is 4. The maximum atomic E-state index is 6.30. The molecule has 0 fully saturated rings. The number of hydrogen-bond acceptors (Lipinski definition) is 1. The van der Waals surface area contributed by atoms with Crippen molar-refractivity contribution in [2.75, 3.05) is 0 Å². The van der Waals surface area contributed by atoms with E-state index in [4.69, 9.17) is 11.6 Å². The zero-order chi connectivity index (χ0) is 18.4. The molecule has 0 aromatic heterocycles. The van der Waals surface area contributed by atoms with Crippen LogP contribution in [-0.4, -0.2) is 0 Å². The van der Waals surface area contributed by atoms with E-state index >= 15 is 0 Å². The summed E-state index contributed by atoms with van der Waals surface area (Å²) in [5, 5.41) is 9.61. The second-order valence-corrected chi connectivity index (χ2v) is 8.02. The molecular formula is C25H22ClN. The molecule has 5 rings (SSSR count). The van der Waals surface area contributed by atoms with Gasteiger partial charge in [-0.25, -0.2) is 0 Å². The first-order valence-electron chi connectivity index (χ1n) is 9.68. The fraction of sp³-hybridized carbons (Fsp3) is 0.200. The van der Waals surface area contributed by atoms with E-state index in [2.05, 4.69) is 60.8 Å². The molecule has 0 saturated carbocycles. The van der Waals surface area contributed by atoms with Gasteiger partial charge in [-0.2, -0.15) is 0 Å². The van der Waals surface area contributed by atoms with Gasteiger partial charge in [-0.1, -0.05) is 55.0 Å². The number of rotatable bonds is 1. The highest BCUT2D eigenvalue weighted by Gasteiger charge is 2.22. The fourth-order valence-electron chi connectivity index (χ4n) is 4.67. The molecule has 27 heavy (non-hydrogen) atoms. The van der Waals surface area contributed by atoms with Crippen LogP contribution >= 0.6 is 11.6 Å². The summed E-state index contributed by atoms with van der Waals surface area (Å²) in [4.78, 5) is 0. The minimum absolute atomic E-state index is 0.545. The van der Waals surface area contributed by atoms with E-state index in [1.165, 1.54) is 49.7 Å². The van der Waals surface area contributed by atoms with Crippen LogP contribution < -0.4 is 15.8 Å². The maximum Gasteiger partial charge on any atom is 0.0421 e. The van der Waals surface area contributed by atoms with Crippen LogP contribution in [0, 0.1) is 16.4 Å². The zero-order valence-corrected chi connectivity index (χ0v) is 16.2. The summed E-state index contributed by atoms with van der Waals surface area (Å²) in [6.07, 6.45) is 16.1. The minimum atomic E-state index is 0.545. The first-order valence-corrected chi connectivity index (χ1v) is 10.1. The Morgan fingerprint density at radius 3 is 2.78 bits per heavy atom. The quantitative estimate of drug-likeness (QED) is 0.790. The predicted molar refractivity (Wildman–Crippen MR) is 113 cm³/mol. The molecule has 0 radical (unpaired) electrons. The van der Waals surface area contributed by atoms with E-state index in [-0.39, 0.29) is 0 Å². The van der Waals surface area contributed by atoms with Crippen LogP contribution in [0.5, 0.6) is 0 Å². The van der Waals surface area contributed by atoms with Crippen LogP contribution in [0.15, 0.2) is 66.5 Å². The third kappa shape index (κ3) is 2.78. The molecule has 2 aromatic carbocycles. The average molecular weight is 372 g/mol. The summed E-state index contributed by atoms with van der Waals surface area (Å²) in [7, 11) is 0. The van der Waals surface area contributed by atoms with Crippen LogP contribution in [0.2, 0.25) is 5.02 Å². The summed E-state index contributed by atoms with van der Waals surface area (Å²) in [5.74, 6) is 0.545. The number of halogens is 1. The van der Waals surface area contributed by atoms with Gasteiger partial charge in [0.25, 0.3) is 0 Å². The summed E-state index contributed by atoms with van der Waals surface area (Å²) < 4.78 is 0. The van der Waals surface area contributed by atoms with Crippen molar-refractivity contribution in [1.29, 1.82) is 0 Å². The standard InChI is InChI=1S/C25H22ClN/c1-16-6-10-20-19-11-8-17-7-9-18(26)15-23(17)21(19)12-13-22(20)25(16)24-5-3-2-4-14-27-24/h2-5,7-9,12-16,27H,6,10-11H2,1H3. The highest BCUT2D eigenvalue weighted by Crippen LogP contribution is 2.29. The molecule has 2 aromatic rings. The number of benzene rings is 2. The van der Waals surface area contributed by atoms with E-state index in [9.17, 15) is 0 Å². The number of allylic oxidation sites excluding steroid dienone is 5. The predicted octanol–water partition coefficient (Wildman–Crippen LogP) is 4.25. The average Bonchev–Trinajstić information content (AvgIpc) is 2.96. The van der Waals surface area contributed by atoms with Gasteiger partial charge in [0.15, 0.2) is 0 Å². The van der Waals surface area contributed by atoms with Gasteiger partial charge >= 0.3 is 0 Å². The number of nitrogens with one attached hydrogen (secondary N) is 1. The Labute approximate surface area is 164 Å². The van der Waals surface area contributed by atoms with Crippen molar-refractivity contribution in [3.63, 3.8) is 0 Å². The first kappa shape index (κ1) is 16.6. The molecular weight excluding hydrogens is 350 g/mol. The van der Waals surface area contributed by atoms with Crippen molar-refractivity contribution in [2.45, 2.75) is 26.2 Å². The van der Waals surface area contributed by atoms with Crippen LogP contribution in [0.4, 0.5) is 0 Å². The second kappa shape index (κ2) is 6.58. The highest BCUT2D eigenvalue weighted by molar-refractivity contribution is 6.30. The lowest BCUT2D eigenvalue weighted by Gasteiger charge is -2.27. The lowest BCUT2D eigenvalue weighted by Crippen LogP contribution is -2.29. The third-order valence-corrected chi connectivity index (χ3v) is 6.22. The van der Waals surface area contributed by atoms with E-state index < -0.39 is 0 Å². The molecule has 1 unspecified atom stereocenters. The van der Waals surface area contributed by atoms with Gasteiger partial charge in [0, 0.05) is 16.9 Å². The molecule has 1 atom stereocenters. The molecule has 2 aliphatic carbocycles. The first-order chi connectivity index (χ1) is 13.2. The van der Waals surface area contributed by atoms with Gasteiger partial charge in [0.05, 0.1) is 0 Å². The van der Waals surface area contributed by atoms with Crippen molar-refractivity contribution in [1.82, 2.24) is 5.32 Å². The maximum absolute atomic E-state index is 6.30. The van der Waals surface area contributed by atoms with E-state index in [0.29, 0.717) is 5.92 Å². The SMILES string of the molecule is CC1CCc2c3c(ccc2=C1C1=CC=CC=CN1)=c1cc(Cl)ccc1=CC3. The lowest BCUT2D eigenvalue weighted by atomic mass is 9.80. The Balaban J connectivity index is 1.86. The third-order valence-electron chi connectivity index (χ3n) is 5.98. The Kier molecular flexibility index (Phi) is 4.06. The molecule has 1 nitrogen and oxygen atoms in total. The van der Waals surface area contributed by atoms with E-state index in [1.54, 1.807) is 0 Å². The summed E-state index contributed by atoms with van der Waals surface area (Å²) in [6, 6.07) is 10.9. The Morgan fingerprint density at radius 2 is 1.85 bits per heavy atom. The molecule has 0 bridgehead atoms. The second-order valence-electron chi connectivity index (χ2n) is 7.58.